The molecule has 4 N–H and O–H groups in total. The number of H-pyrrole nitrogens is 4. The van der Waals surface area contributed by atoms with Crippen LogP contribution in [0.15, 0.2) is 60.8 Å². The maximum Gasteiger partial charge on any atom is 0.0726 e. The Labute approximate surface area is 196 Å². The first-order chi connectivity index (χ1) is 16.7. The number of hydrogen-bond acceptors (Lipinski definition) is 2. The molecule has 0 spiro atoms. The van der Waals surface area contributed by atoms with Crippen molar-refractivity contribution in [1.82, 2.24) is 24.9 Å². The Morgan fingerprint density at radius 1 is 0.676 bits per heavy atom. The van der Waals surface area contributed by atoms with E-state index in [9.17, 15) is 0 Å². The fourth-order valence-electron chi connectivity index (χ4n) is 4.52. The van der Waals surface area contributed by atoms with Crippen LogP contribution in [0.5, 0.6) is 0 Å². The van der Waals surface area contributed by atoms with Crippen LogP contribution < -0.4 is 21.4 Å². The van der Waals surface area contributed by atoms with Crippen molar-refractivity contribution in [3.8, 4) is 11.3 Å². The second-order valence-electron chi connectivity index (χ2n) is 8.45. The molecule has 6 heterocycles. The van der Waals surface area contributed by atoms with Gasteiger partial charge < -0.3 is 24.7 Å². The fourth-order valence-corrected chi connectivity index (χ4v) is 4.52. The minimum atomic E-state index is 0.623. The lowest BCUT2D eigenvalue weighted by Gasteiger charge is -2.04. The number of hydrogen-bond donors (Lipinski definition) is 4. The van der Waals surface area contributed by atoms with E-state index in [-0.39, 0.29) is 0 Å². The van der Waals surface area contributed by atoms with Crippen LogP contribution in [0.3, 0.4) is 0 Å². The first-order valence-electron chi connectivity index (χ1n) is 11.4. The van der Waals surface area contributed by atoms with Crippen molar-refractivity contribution in [2.45, 2.75) is 6.42 Å². The number of rotatable bonds is 4. The highest BCUT2D eigenvalue weighted by Gasteiger charge is 2.14. The van der Waals surface area contributed by atoms with Gasteiger partial charge in [-0.3, -0.25) is 4.98 Å². The summed E-state index contributed by atoms with van der Waals surface area (Å²) >= 11 is 0. The predicted molar refractivity (Wildman–Crippen MR) is 135 cm³/mol. The zero-order valence-corrected chi connectivity index (χ0v) is 18.9. The molecule has 1 aliphatic rings. The van der Waals surface area contributed by atoms with Crippen LogP contribution in [-0.2, 0) is 11.2 Å². The number of nitrogens with one attached hydrogen (secondary N) is 4. The van der Waals surface area contributed by atoms with Crippen molar-refractivity contribution in [1.29, 1.82) is 0 Å². The molecule has 0 aliphatic carbocycles. The first kappa shape index (κ1) is 20.3. The maximum atomic E-state index is 5.46. The molecule has 168 valence electrons. The quantitative estimate of drug-likeness (QED) is 0.333. The Bertz CT molecular complexity index is 1700. The summed E-state index contributed by atoms with van der Waals surface area (Å²) in [5, 5.41) is 4.15. The molecule has 0 saturated carbocycles. The maximum absolute atomic E-state index is 5.46. The largest absolute Gasteiger partial charge is 0.384 e. The van der Waals surface area contributed by atoms with Crippen LogP contribution in [0.4, 0.5) is 0 Å². The van der Waals surface area contributed by atoms with Gasteiger partial charge >= 0.3 is 0 Å². The van der Waals surface area contributed by atoms with Crippen LogP contribution in [0.2, 0.25) is 0 Å². The predicted octanol–water partition coefficient (Wildman–Crippen LogP) is 1.88. The Balaban J connectivity index is 1.67. The molecule has 0 fully saturated rings. The summed E-state index contributed by atoms with van der Waals surface area (Å²) in [7, 11) is 1.74. The standard InChI is InChI=1S/C28H25N5O/c1-34-13-11-24-26-16-22-9-7-20(31-22)14-18-5-6-19(30-18)15-21-8-10-23(32-21)17-27(33-26)28(24)25-4-2-3-12-29-25/h2-10,12,14-17,30-33H,11,13H2,1H3. The van der Waals surface area contributed by atoms with E-state index in [1.807, 2.05) is 18.3 Å². The van der Waals surface area contributed by atoms with Gasteiger partial charge in [0.25, 0.3) is 0 Å². The second kappa shape index (κ2) is 8.57. The molecule has 6 rings (SSSR count). The fraction of sp³-hybridized carbons (Fsp3) is 0.107. The smallest absolute Gasteiger partial charge is 0.0726 e. The number of nitrogens with zero attached hydrogens (tertiary/aromatic N) is 1. The molecule has 0 radical (unpaired) electrons. The summed E-state index contributed by atoms with van der Waals surface area (Å²) in [6.45, 7) is 0.623. The van der Waals surface area contributed by atoms with Crippen molar-refractivity contribution in [3.63, 3.8) is 0 Å². The highest BCUT2D eigenvalue weighted by atomic mass is 16.5. The summed E-state index contributed by atoms with van der Waals surface area (Å²) in [6, 6.07) is 18.6. The Morgan fingerprint density at radius 3 is 1.94 bits per heavy atom. The monoisotopic (exact) mass is 447 g/mol. The van der Waals surface area contributed by atoms with Gasteiger partial charge in [0.15, 0.2) is 0 Å². The Kier molecular flexibility index (Phi) is 5.13. The van der Waals surface area contributed by atoms with Gasteiger partial charge in [-0.25, -0.2) is 0 Å². The molecule has 0 amide bonds. The number of aromatic nitrogens is 5. The molecule has 34 heavy (non-hydrogen) atoms. The lowest BCUT2D eigenvalue weighted by Crippen LogP contribution is -2.13. The highest BCUT2D eigenvalue weighted by Crippen LogP contribution is 2.17. The van der Waals surface area contributed by atoms with Crippen molar-refractivity contribution in [2.24, 2.45) is 0 Å². The molecule has 5 aromatic rings. The van der Waals surface area contributed by atoms with E-state index in [1.165, 1.54) is 5.56 Å². The summed E-state index contributed by atoms with van der Waals surface area (Å²) < 4.78 is 5.46. The molecule has 8 bridgehead atoms. The van der Waals surface area contributed by atoms with Gasteiger partial charge in [-0.1, -0.05) is 6.07 Å². The average molecular weight is 448 g/mol. The first-order valence-corrected chi connectivity index (χ1v) is 11.4. The third kappa shape index (κ3) is 3.95. The average Bonchev–Trinajstić information content (AvgIpc) is 3.63. The second-order valence-corrected chi connectivity index (χ2v) is 8.45. The van der Waals surface area contributed by atoms with Gasteiger partial charge in [-0.05, 0) is 84.8 Å². The van der Waals surface area contributed by atoms with Gasteiger partial charge in [0.05, 0.1) is 17.6 Å². The number of methoxy groups -OCH3 is 1. The van der Waals surface area contributed by atoms with E-state index >= 15 is 0 Å². The Morgan fingerprint density at radius 2 is 1.32 bits per heavy atom. The number of ether oxygens (including phenoxy) is 1. The van der Waals surface area contributed by atoms with Crippen LogP contribution in [0, 0.1) is 0 Å². The summed E-state index contributed by atoms with van der Waals surface area (Å²) in [6.07, 6.45) is 11.1. The van der Waals surface area contributed by atoms with Crippen LogP contribution in [0.1, 0.15) is 28.3 Å². The highest BCUT2D eigenvalue weighted by molar-refractivity contribution is 5.69. The molecule has 6 heteroatoms. The third-order valence-electron chi connectivity index (χ3n) is 6.06. The minimum Gasteiger partial charge on any atom is -0.384 e. The van der Waals surface area contributed by atoms with Crippen LogP contribution in [0.25, 0.3) is 35.6 Å². The lowest BCUT2D eigenvalue weighted by atomic mass is 10.0. The van der Waals surface area contributed by atoms with E-state index < -0.39 is 0 Å². The molecule has 5 aromatic heterocycles. The van der Waals surface area contributed by atoms with Gasteiger partial charge in [-0.2, -0.15) is 0 Å². The number of fused-ring (bicyclic) bond motifs is 8. The van der Waals surface area contributed by atoms with Gasteiger partial charge in [0.2, 0.25) is 0 Å². The zero-order chi connectivity index (χ0) is 22.9. The summed E-state index contributed by atoms with van der Waals surface area (Å²) in [5.41, 5.74) is 7.33. The van der Waals surface area contributed by atoms with Crippen LogP contribution >= 0.6 is 0 Å². The Hall–Kier alpha value is -4.29. The van der Waals surface area contributed by atoms with E-state index in [0.717, 1.165) is 61.9 Å². The van der Waals surface area contributed by atoms with Crippen molar-refractivity contribution in [3.05, 3.63) is 111 Å². The summed E-state index contributed by atoms with van der Waals surface area (Å²) in [5.74, 6) is 0. The van der Waals surface area contributed by atoms with E-state index in [1.54, 1.807) is 7.11 Å². The molecule has 0 unspecified atom stereocenters. The van der Waals surface area contributed by atoms with Crippen molar-refractivity contribution >= 4 is 24.3 Å². The molecule has 0 aromatic carbocycles. The lowest BCUT2D eigenvalue weighted by molar-refractivity contribution is 0.202. The van der Waals surface area contributed by atoms with E-state index in [2.05, 4.69) is 91.7 Å². The zero-order valence-electron chi connectivity index (χ0n) is 18.9. The topological polar surface area (TPSA) is 85.3 Å². The van der Waals surface area contributed by atoms with Gasteiger partial charge in [0.1, 0.15) is 0 Å². The van der Waals surface area contributed by atoms with Gasteiger partial charge in [0, 0.05) is 57.7 Å². The molecule has 0 atom stereocenters. The number of aromatic amines is 4. The molecule has 1 aliphatic heterocycles. The normalized spacial score (nSPS) is 12.4. The van der Waals surface area contributed by atoms with E-state index in [4.69, 9.17) is 4.74 Å². The van der Waals surface area contributed by atoms with Crippen molar-refractivity contribution < 1.29 is 4.74 Å². The third-order valence-corrected chi connectivity index (χ3v) is 6.06. The molecular weight excluding hydrogens is 422 g/mol. The van der Waals surface area contributed by atoms with Gasteiger partial charge in [-0.15, -0.1) is 0 Å². The molecule has 6 nitrogen and oxygen atoms in total. The van der Waals surface area contributed by atoms with Crippen LogP contribution in [-0.4, -0.2) is 38.6 Å². The summed E-state index contributed by atoms with van der Waals surface area (Å²) in [4.78, 5) is 18.8. The minimum absolute atomic E-state index is 0.623. The van der Waals surface area contributed by atoms with Crippen molar-refractivity contribution in [2.75, 3.05) is 13.7 Å². The van der Waals surface area contributed by atoms with E-state index in [0.29, 0.717) is 6.61 Å². The molecular formula is C28H25N5O. The SMILES string of the molecule is COCCc1c(-c2ccccn2)c2[nH]c1=Cc1ccc([nH]1)C=c1ccc([nH]1)=Cc1ccc([nH]1)C=2. The number of pyridine rings is 1. The molecule has 0 saturated heterocycles.